The Labute approximate surface area is 145 Å². The summed E-state index contributed by atoms with van der Waals surface area (Å²) in [6.07, 6.45) is 1.97. The van der Waals surface area contributed by atoms with Crippen molar-refractivity contribution in [3.63, 3.8) is 0 Å². The van der Waals surface area contributed by atoms with Crippen molar-refractivity contribution >= 4 is 42.4 Å². The molecule has 0 aliphatic rings. The van der Waals surface area contributed by atoms with Gasteiger partial charge in [-0.2, -0.15) is 10.2 Å². The van der Waals surface area contributed by atoms with Gasteiger partial charge in [0.1, 0.15) is 5.82 Å². The molecule has 24 heavy (non-hydrogen) atoms. The SMILES string of the molecule is NCc1ccc(C(=O)C(SN=NC=NN)SN=NC=NN)c(F)c1. The zero-order valence-corrected chi connectivity index (χ0v) is 13.8. The second-order valence-electron chi connectivity index (χ2n) is 3.85. The summed E-state index contributed by atoms with van der Waals surface area (Å²) in [5.41, 5.74) is 5.88. The summed E-state index contributed by atoms with van der Waals surface area (Å²) in [5.74, 6) is 8.50. The van der Waals surface area contributed by atoms with E-state index < -0.39 is 16.2 Å². The van der Waals surface area contributed by atoms with E-state index in [0.717, 1.165) is 36.6 Å². The molecule has 6 N–H and O–H groups in total. The molecular formula is C11H14FN9OS2. The summed E-state index contributed by atoms with van der Waals surface area (Å²) < 4.78 is 20.4. The molecule has 0 saturated heterocycles. The Bertz CT molecular complexity index is 641. The van der Waals surface area contributed by atoms with Gasteiger partial charge in [0.25, 0.3) is 0 Å². The lowest BCUT2D eigenvalue weighted by Gasteiger charge is -2.09. The van der Waals surface area contributed by atoms with Crippen LogP contribution in [0.5, 0.6) is 0 Å². The van der Waals surface area contributed by atoms with Crippen molar-refractivity contribution in [1.29, 1.82) is 0 Å². The summed E-state index contributed by atoms with van der Waals surface area (Å²) in [4.78, 5) is 12.5. The molecular weight excluding hydrogens is 357 g/mol. The highest BCUT2D eigenvalue weighted by molar-refractivity contribution is 8.16. The van der Waals surface area contributed by atoms with Gasteiger partial charge in [-0.3, -0.25) is 4.79 Å². The van der Waals surface area contributed by atoms with Crippen LogP contribution in [0.25, 0.3) is 0 Å². The number of Topliss-reactive ketones (excluding diaryl/α,β-unsaturated/α-hetero) is 1. The van der Waals surface area contributed by atoms with Crippen LogP contribution in [0.4, 0.5) is 4.39 Å². The Morgan fingerprint density at radius 3 is 2.21 bits per heavy atom. The molecule has 0 fully saturated rings. The van der Waals surface area contributed by atoms with Crippen molar-refractivity contribution in [2.24, 2.45) is 46.9 Å². The van der Waals surface area contributed by atoms with E-state index in [1.807, 2.05) is 0 Å². The first-order valence-electron chi connectivity index (χ1n) is 6.22. The van der Waals surface area contributed by atoms with Gasteiger partial charge in [-0.1, -0.05) is 6.07 Å². The van der Waals surface area contributed by atoms with Crippen LogP contribution in [0.15, 0.2) is 47.7 Å². The largest absolute Gasteiger partial charge is 0.326 e. The molecule has 13 heteroatoms. The second-order valence-corrected chi connectivity index (χ2v) is 5.84. The lowest BCUT2D eigenvalue weighted by Crippen LogP contribution is -2.15. The van der Waals surface area contributed by atoms with Gasteiger partial charge in [0.2, 0.25) is 0 Å². The Balaban J connectivity index is 2.96. The Morgan fingerprint density at radius 2 is 1.75 bits per heavy atom. The fourth-order valence-electron chi connectivity index (χ4n) is 1.37. The maximum Gasteiger partial charge on any atom is 0.192 e. The molecule has 0 spiro atoms. The lowest BCUT2D eigenvalue weighted by molar-refractivity contribution is 0.101. The van der Waals surface area contributed by atoms with Crippen molar-refractivity contribution < 1.29 is 9.18 Å². The molecule has 1 aromatic carbocycles. The minimum Gasteiger partial charge on any atom is -0.326 e. The van der Waals surface area contributed by atoms with Gasteiger partial charge >= 0.3 is 0 Å². The van der Waals surface area contributed by atoms with E-state index in [1.165, 1.54) is 12.1 Å². The molecule has 0 radical (unpaired) electrons. The molecule has 10 nitrogen and oxygen atoms in total. The molecule has 1 aromatic rings. The summed E-state index contributed by atoms with van der Waals surface area (Å²) in [6, 6.07) is 4.11. The van der Waals surface area contributed by atoms with Crippen molar-refractivity contribution in [3.05, 3.63) is 35.1 Å². The van der Waals surface area contributed by atoms with Crippen LogP contribution >= 0.6 is 23.9 Å². The zero-order chi connectivity index (χ0) is 17.8. The average Bonchev–Trinajstić information content (AvgIpc) is 2.59. The Hall–Kier alpha value is -2.38. The van der Waals surface area contributed by atoms with E-state index in [1.54, 1.807) is 6.07 Å². The van der Waals surface area contributed by atoms with Gasteiger partial charge in [0.05, 0.1) is 5.56 Å². The standard InChI is InChI=1S/C11H14FN9OS2/c12-9-3-7(4-13)1-2-8(9)10(22)11(23-20-18-5-16-14)24-21-19-6-17-15/h1-3,5-6,11H,4,13-15H2. The molecule has 0 unspecified atom stereocenters. The van der Waals surface area contributed by atoms with Gasteiger partial charge in [-0.15, -0.1) is 19.3 Å². The van der Waals surface area contributed by atoms with E-state index in [4.69, 9.17) is 17.4 Å². The number of nitrogens with two attached hydrogens (primary N) is 3. The van der Waals surface area contributed by atoms with E-state index in [9.17, 15) is 9.18 Å². The summed E-state index contributed by atoms with van der Waals surface area (Å²) in [7, 11) is 0. The van der Waals surface area contributed by atoms with E-state index in [0.29, 0.717) is 5.56 Å². The molecule has 0 heterocycles. The molecule has 0 amide bonds. The normalized spacial score (nSPS) is 13.6. The van der Waals surface area contributed by atoms with Crippen LogP contribution < -0.4 is 17.4 Å². The first-order valence-corrected chi connectivity index (χ1v) is 7.89. The monoisotopic (exact) mass is 371 g/mol. The van der Waals surface area contributed by atoms with Gasteiger partial charge in [-0.05, 0) is 17.7 Å². The third kappa shape index (κ3) is 6.39. The molecule has 0 atom stereocenters. The molecule has 0 saturated carbocycles. The second kappa shape index (κ2) is 11.2. The minimum absolute atomic E-state index is 0.123. The number of ketones is 1. The third-order valence-electron chi connectivity index (χ3n) is 2.37. The van der Waals surface area contributed by atoms with Crippen molar-refractivity contribution in [2.45, 2.75) is 11.1 Å². The van der Waals surface area contributed by atoms with Crippen LogP contribution in [0, 0.1) is 5.82 Å². The Kier molecular flexibility index (Phi) is 9.18. The molecule has 0 aliphatic carbocycles. The van der Waals surface area contributed by atoms with Gasteiger partial charge in [-0.25, -0.2) is 4.39 Å². The quantitative estimate of drug-likeness (QED) is 0.0873. The van der Waals surface area contributed by atoms with Crippen LogP contribution in [0.2, 0.25) is 0 Å². The molecule has 0 aromatic heterocycles. The van der Waals surface area contributed by atoms with Crippen LogP contribution in [-0.4, -0.2) is 23.0 Å². The predicted molar refractivity (Wildman–Crippen MR) is 92.7 cm³/mol. The van der Waals surface area contributed by atoms with E-state index in [-0.39, 0.29) is 12.1 Å². The molecule has 128 valence electrons. The number of hydrogen-bond donors (Lipinski definition) is 3. The first kappa shape index (κ1) is 19.7. The number of halogens is 1. The first-order chi connectivity index (χ1) is 11.6. The smallest absolute Gasteiger partial charge is 0.192 e. The lowest BCUT2D eigenvalue weighted by atomic mass is 10.1. The number of benzene rings is 1. The van der Waals surface area contributed by atoms with E-state index in [2.05, 4.69) is 29.5 Å². The summed E-state index contributed by atoms with van der Waals surface area (Å²) >= 11 is 1.49. The van der Waals surface area contributed by atoms with E-state index >= 15 is 0 Å². The number of nitrogens with zero attached hydrogens (tertiary/aromatic N) is 6. The maximum absolute atomic E-state index is 14.1. The molecule has 0 aliphatic heterocycles. The van der Waals surface area contributed by atoms with Crippen LogP contribution in [0.3, 0.4) is 0 Å². The highest BCUT2D eigenvalue weighted by atomic mass is 32.2. The number of hydrogen-bond acceptors (Lipinski definition) is 10. The number of carbonyl (C=O) groups excluding carboxylic acids is 1. The zero-order valence-electron chi connectivity index (χ0n) is 12.2. The summed E-state index contributed by atoms with van der Waals surface area (Å²) in [6.45, 7) is 0.164. The van der Waals surface area contributed by atoms with Gasteiger partial charge < -0.3 is 17.4 Å². The van der Waals surface area contributed by atoms with Crippen molar-refractivity contribution in [1.82, 2.24) is 0 Å². The average molecular weight is 371 g/mol. The number of carbonyl (C=O) groups is 1. The van der Waals surface area contributed by atoms with Gasteiger partial charge in [0, 0.05) is 30.4 Å². The Morgan fingerprint density at radius 1 is 1.17 bits per heavy atom. The fourth-order valence-corrected chi connectivity index (χ4v) is 2.56. The van der Waals surface area contributed by atoms with Crippen molar-refractivity contribution in [3.8, 4) is 0 Å². The van der Waals surface area contributed by atoms with Crippen molar-refractivity contribution in [2.75, 3.05) is 0 Å². The highest BCUT2D eigenvalue weighted by Gasteiger charge is 2.25. The topological polar surface area (TPSA) is 169 Å². The number of hydrazone groups is 2. The fraction of sp³-hybridized carbons (Fsp3) is 0.182. The molecule has 0 bridgehead atoms. The number of rotatable bonds is 9. The van der Waals surface area contributed by atoms with Gasteiger partial charge in [0.15, 0.2) is 23.0 Å². The minimum atomic E-state index is -0.937. The predicted octanol–water partition coefficient (Wildman–Crippen LogP) is 1.80. The van der Waals surface area contributed by atoms with Crippen LogP contribution in [0.1, 0.15) is 15.9 Å². The highest BCUT2D eigenvalue weighted by Crippen LogP contribution is 2.30. The molecule has 1 rings (SSSR count). The van der Waals surface area contributed by atoms with Crippen LogP contribution in [-0.2, 0) is 6.54 Å². The summed E-state index contributed by atoms with van der Waals surface area (Å²) in [5, 5.41) is 13.2. The third-order valence-corrected chi connectivity index (χ3v) is 4.07. The maximum atomic E-state index is 14.1.